The van der Waals surface area contributed by atoms with Gasteiger partial charge >= 0.3 is 0 Å². The SMILES string of the molecule is CCOc1cc(/C=N/Nc2nc(N3CCCC3)nc(N3CCOCC3)n2)ccc1OCc1ccccc1F. The molecule has 0 bridgehead atoms. The Bertz CT molecular complexity index is 1250. The third-order valence-electron chi connectivity index (χ3n) is 6.28. The van der Waals surface area contributed by atoms with Crippen LogP contribution in [0.15, 0.2) is 47.6 Å². The van der Waals surface area contributed by atoms with Crippen molar-refractivity contribution in [2.24, 2.45) is 5.10 Å². The molecule has 2 fully saturated rings. The minimum atomic E-state index is -0.303. The fourth-order valence-electron chi connectivity index (χ4n) is 4.30. The first-order valence-electron chi connectivity index (χ1n) is 13.0. The summed E-state index contributed by atoms with van der Waals surface area (Å²) in [5.41, 5.74) is 4.24. The largest absolute Gasteiger partial charge is 0.490 e. The molecule has 0 amide bonds. The molecule has 0 unspecified atom stereocenters. The van der Waals surface area contributed by atoms with Gasteiger partial charge in [-0.25, -0.2) is 9.82 Å². The number of hydrogen-bond acceptors (Lipinski definition) is 10. The summed E-state index contributed by atoms with van der Waals surface area (Å²) in [5, 5.41) is 4.37. The minimum absolute atomic E-state index is 0.103. The van der Waals surface area contributed by atoms with Crippen LogP contribution in [-0.4, -0.2) is 67.2 Å². The number of hydrogen-bond donors (Lipinski definition) is 1. The summed E-state index contributed by atoms with van der Waals surface area (Å²) >= 11 is 0. The highest BCUT2D eigenvalue weighted by molar-refractivity contribution is 5.81. The lowest BCUT2D eigenvalue weighted by Crippen LogP contribution is -2.38. The first kappa shape index (κ1) is 25.7. The molecular formula is C27H32FN7O3. The Morgan fingerprint density at radius 1 is 0.947 bits per heavy atom. The number of nitrogens with one attached hydrogen (secondary N) is 1. The van der Waals surface area contributed by atoms with Gasteiger partial charge in [-0.1, -0.05) is 18.2 Å². The van der Waals surface area contributed by atoms with Crippen LogP contribution in [0.25, 0.3) is 0 Å². The topological polar surface area (TPSA) is 97.2 Å². The van der Waals surface area contributed by atoms with Crippen LogP contribution in [-0.2, 0) is 11.3 Å². The number of rotatable bonds is 10. The van der Waals surface area contributed by atoms with Gasteiger partial charge in [0, 0.05) is 31.7 Å². The molecule has 1 aromatic heterocycles. The number of hydrazone groups is 1. The highest BCUT2D eigenvalue weighted by Crippen LogP contribution is 2.29. The second-order valence-electron chi connectivity index (χ2n) is 8.94. The molecular weight excluding hydrogens is 489 g/mol. The molecule has 10 nitrogen and oxygen atoms in total. The molecule has 0 radical (unpaired) electrons. The zero-order valence-electron chi connectivity index (χ0n) is 21.5. The van der Waals surface area contributed by atoms with Crippen LogP contribution < -0.4 is 24.7 Å². The van der Waals surface area contributed by atoms with Crippen LogP contribution in [0.2, 0.25) is 0 Å². The van der Waals surface area contributed by atoms with E-state index in [4.69, 9.17) is 19.2 Å². The first-order valence-corrected chi connectivity index (χ1v) is 13.0. The number of nitrogens with zero attached hydrogens (tertiary/aromatic N) is 6. The van der Waals surface area contributed by atoms with Gasteiger partial charge in [-0.2, -0.15) is 20.1 Å². The van der Waals surface area contributed by atoms with Crippen LogP contribution in [0.1, 0.15) is 30.9 Å². The molecule has 0 aliphatic carbocycles. The van der Waals surface area contributed by atoms with Crippen LogP contribution in [0, 0.1) is 5.82 Å². The van der Waals surface area contributed by atoms with Gasteiger partial charge in [-0.05, 0) is 49.6 Å². The first-order chi connectivity index (χ1) is 18.7. The molecule has 0 spiro atoms. The maximum absolute atomic E-state index is 14.0. The van der Waals surface area contributed by atoms with Crippen molar-refractivity contribution in [3.8, 4) is 11.5 Å². The highest BCUT2D eigenvalue weighted by Gasteiger charge is 2.21. The van der Waals surface area contributed by atoms with Gasteiger partial charge in [0.25, 0.3) is 0 Å². The number of anilines is 3. The third-order valence-corrected chi connectivity index (χ3v) is 6.28. The van der Waals surface area contributed by atoms with Gasteiger partial charge in [0.1, 0.15) is 12.4 Å². The third kappa shape index (κ3) is 6.46. The van der Waals surface area contributed by atoms with E-state index in [9.17, 15) is 4.39 Å². The van der Waals surface area contributed by atoms with E-state index in [-0.39, 0.29) is 12.4 Å². The van der Waals surface area contributed by atoms with Crippen molar-refractivity contribution in [2.75, 3.05) is 61.2 Å². The van der Waals surface area contributed by atoms with E-state index in [1.54, 1.807) is 30.5 Å². The minimum Gasteiger partial charge on any atom is -0.490 e. The molecule has 2 aliphatic heterocycles. The number of halogens is 1. The number of aromatic nitrogens is 3. The standard InChI is InChI=1S/C27H32FN7O3/c1-2-37-24-17-20(9-10-23(24)38-19-21-7-3-4-8-22(21)28)18-29-33-25-30-26(34-11-5-6-12-34)32-27(31-25)35-13-15-36-16-14-35/h3-4,7-10,17-18H,2,5-6,11-16,19H2,1H3,(H,30,31,32,33)/b29-18+. The van der Waals surface area contributed by atoms with Crippen LogP contribution in [0.3, 0.4) is 0 Å². The predicted octanol–water partition coefficient (Wildman–Crippen LogP) is 3.87. The Morgan fingerprint density at radius 2 is 1.68 bits per heavy atom. The van der Waals surface area contributed by atoms with Gasteiger partial charge in [0.2, 0.25) is 17.8 Å². The molecule has 38 heavy (non-hydrogen) atoms. The molecule has 200 valence electrons. The summed E-state index contributed by atoms with van der Waals surface area (Å²) in [6, 6.07) is 12.0. The number of ether oxygens (including phenoxy) is 3. The van der Waals surface area contributed by atoms with Gasteiger partial charge < -0.3 is 24.0 Å². The fraction of sp³-hybridized carbons (Fsp3) is 0.407. The lowest BCUT2D eigenvalue weighted by atomic mass is 10.2. The molecule has 11 heteroatoms. The Kier molecular flexibility index (Phi) is 8.44. The van der Waals surface area contributed by atoms with E-state index in [0.717, 1.165) is 44.6 Å². The summed E-state index contributed by atoms with van der Waals surface area (Å²) < 4.78 is 31.1. The summed E-state index contributed by atoms with van der Waals surface area (Å²) in [6.07, 6.45) is 3.92. The average Bonchev–Trinajstić information content (AvgIpc) is 3.49. The molecule has 2 aliphatic rings. The number of benzene rings is 2. The zero-order valence-corrected chi connectivity index (χ0v) is 21.5. The normalized spacial score (nSPS) is 15.7. The predicted molar refractivity (Wildman–Crippen MR) is 144 cm³/mol. The molecule has 2 saturated heterocycles. The zero-order chi connectivity index (χ0) is 26.2. The second kappa shape index (κ2) is 12.5. The van der Waals surface area contributed by atoms with Crippen molar-refractivity contribution >= 4 is 24.1 Å². The van der Waals surface area contributed by atoms with E-state index in [1.807, 2.05) is 19.1 Å². The van der Waals surface area contributed by atoms with Crippen LogP contribution in [0.4, 0.5) is 22.2 Å². The molecule has 1 N–H and O–H groups in total. The summed E-state index contributed by atoms with van der Waals surface area (Å²) in [4.78, 5) is 18.2. The molecule has 0 saturated carbocycles. The van der Waals surface area contributed by atoms with E-state index in [1.165, 1.54) is 6.07 Å². The Morgan fingerprint density at radius 3 is 2.42 bits per heavy atom. The Hall–Kier alpha value is -3.99. The molecule has 3 aromatic rings. The van der Waals surface area contributed by atoms with Crippen LogP contribution >= 0.6 is 0 Å². The van der Waals surface area contributed by atoms with Gasteiger partial charge in [0.05, 0.1) is 26.0 Å². The maximum atomic E-state index is 14.0. The molecule has 0 atom stereocenters. The van der Waals surface area contributed by atoms with Crippen molar-refractivity contribution in [1.29, 1.82) is 0 Å². The molecule has 2 aromatic carbocycles. The van der Waals surface area contributed by atoms with E-state index >= 15 is 0 Å². The van der Waals surface area contributed by atoms with E-state index < -0.39 is 0 Å². The lowest BCUT2D eigenvalue weighted by molar-refractivity contribution is 0.122. The average molecular weight is 522 g/mol. The second-order valence-corrected chi connectivity index (χ2v) is 8.94. The van der Waals surface area contributed by atoms with Crippen molar-refractivity contribution in [1.82, 2.24) is 15.0 Å². The molecule has 5 rings (SSSR count). The van der Waals surface area contributed by atoms with E-state index in [0.29, 0.717) is 54.7 Å². The van der Waals surface area contributed by atoms with Crippen molar-refractivity contribution in [3.05, 3.63) is 59.4 Å². The van der Waals surface area contributed by atoms with Crippen molar-refractivity contribution in [3.63, 3.8) is 0 Å². The lowest BCUT2D eigenvalue weighted by Gasteiger charge is -2.27. The summed E-state index contributed by atoms with van der Waals surface area (Å²) in [5.74, 6) is 2.45. The molecule has 3 heterocycles. The van der Waals surface area contributed by atoms with E-state index in [2.05, 4.69) is 30.3 Å². The Balaban J connectivity index is 1.30. The quantitative estimate of drug-likeness (QED) is 0.315. The summed E-state index contributed by atoms with van der Waals surface area (Å²) in [6.45, 7) is 7.09. The fourth-order valence-corrected chi connectivity index (χ4v) is 4.30. The van der Waals surface area contributed by atoms with Crippen molar-refractivity contribution < 1.29 is 18.6 Å². The van der Waals surface area contributed by atoms with Gasteiger partial charge in [0.15, 0.2) is 11.5 Å². The maximum Gasteiger partial charge on any atom is 0.250 e. The highest BCUT2D eigenvalue weighted by atomic mass is 19.1. The Labute approximate surface area is 221 Å². The smallest absolute Gasteiger partial charge is 0.250 e. The number of morpholine rings is 1. The summed E-state index contributed by atoms with van der Waals surface area (Å²) in [7, 11) is 0. The van der Waals surface area contributed by atoms with Crippen LogP contribution in [0.5, 0.6) is 11.5 Å². The van der Waals surface area contributed by atoms with Crippen molar-refractivity contribution in [2.45, 2.75) is 26.4 Å². The van der Waals surface area contributed by atoms with Gasteiger partial charge in [-0.15, -0.1) is 0 Å². The van der Waals surface area contributed by atoms with Gasteiger partial charge in [-0.3, -0.25) is 0 Å². The monoisotopic (exact) mass is 521 g/mol.